The van der Waals surface area contributed by atoms with E-state index < -0.39 is 35.6 Å². The zero-order valence-electron chi connectivity index (χ0n) is 15.8. The molecule has 30 heavy (non-hydrogen) atoms. The molecule has 0 radical (unpaired) electrons. The molecule has 154 valence electrons. The zero-order chi connectivity index (χ0) is 21.3. The predicted octanol–water partition coefficient (Wildman–Crippen LogP) is 3.98. The molecule has 9 heteroatoms. The number of carbonyl (C=O) groups is 1. The van der Waals surface area contributed by atoms with Crippen LogP contribution in [0.3, 0.4) is 0 Å². The third-order valence-electron chi connectivity index (χ3n) is 5.07. The molecule has 6 nitrogen and oxygen atoms in total. The smallest absolute Gasteiger partial charge is 0.341 e. The van der Waals surface area contributed by atoms with Crippen LogP contribution in [0.15, 0.2) is 41.5 Å². The van der Waals surface area contributed by atoms with E-state index in [2.05, 4.69) is 5.10 Å². The van der Waals surface area contributed by atoms with Gasteiger partial charge in [-0.3, -0.25) is 0 Å². The molecular formula is C21H17F3N4O2. The van der Waals surface area contributed by atoms with E-state index >= 15 is 0 Å². The van der Waals surface area contributed by atoms with Gasteiger partial charge in [0.2, 0.25) is 0 Å². The first-order valence-corrected chi connectivity index (χ1v) is 9.37. The third-order valence-corrected chi connectivity index (χ3v) is 5.07. The Morgan fingerprint density at radius 2 is 1.93 bits per heavy atom. The molecule has 2 heterocycles. The van der Waals surface area contributed by atoms with Crippen LogP contribution in [0.1, 0.15) is 30.0 Å². The highest BCUT2D eigenvalue weighted by Gasteiger charge is 2.36. The van der Waals surface area contributed by atoms with Gasteiger partial charge in [0.1, 0.15) is 17.7 Å². The number of hydrogen-bond donors (Lipinski definition) is 0. The minimum atomic E-state index is -0.722. The fourth-order valence-corrected chi connectivity index (χ4v) is 3.63. The number of benzene rings is 2. The van der Waals surface area contributed by atoms with E-state index in [0.717, 1.165) is 12.1 Å². The lowest BCUT2D eigenvalue weighted by molar-refractivity contribution is 0.141. The van der Waals surface area contributed by atoms with Crippen LogP contribution in [0.2, 0.25) is 0 Å². The summed E-state index contributed by atoms with van der Waals surface area (Å²) in [5, 5.41) is 14.2. The van der Waals surface area contributed by atoms with Crippen LogP contribution in [0.4, 0.5) is 18.0 Å². The van der Waals surface area contributed by atoms with Crippen molar-refractivity contribution in [2.45, 2.75) is 25.0 Å². The Hall–Kier alpha value is -3.54. The van der Waals surface area contributed by atoms with Crippen LogP contribution in [0, 0.1) is 28.8 Å². The van der Waals surface area contributed by atoms with Crippen molar-refractivity contribution in [2.24, 2.45) is 5.10 Å². The largest absolute Gasteiger partial charge is 0.485 e. The van der Waals surface area contributed by atoms with Crippen molar-refractivity contribution < 1.29 is 22.7 Å². The van der Waals surface area contributed by atoms with Crippen LogP contribution < -0.4 is 4.74 Å². The second-order valence-electron chi connectivity index (χ2n) is 7.11. The number of hydrazone groups is 1. The molecule has 4 rings (SSSR count). The highest BCUT2D eigenvalue weighted by Crippen LogP contribution is 2.31. The summed E-state index contributed by atoms with van der Waals surface area (Å²) in [4.78, 5) is 14.4. The molecule has 0 saturated carbocycles. The van der Waals surface area contributed by atoms with E-state index in [1.807, 2.05) is 6.07 Å². The summed E-state index contributed by atoms with van der Waals surface area (Å²) in [6, 6.07) is 7.87. The minimum absolute atomic E-state index is 0.0411. The van der Waals surface area contributed by atoms with Crippen molar-refractivity contribution >= 4 is 12.2 Å². The van der Waals surface area contributed by atoms with Crippen LogP contribution in [0.5, 0.6) is 5.75 Å². The highest BCUT2D eigenvalue weighted by molar-refractivity contribution is 5.78. The Bertz CT molecular complexity index is 1030. The van der Waals surface area contributed by atoms with Gasteiger partial charge in [-0.05, 0) is 29.8 Å². The summed E-state index contributed by atoms with van der Waals surface area (Å²) in [5.74, 6) is -2.07. The van der Waals surface area contributed by atoms with E-state index in [1.54, 1.807) is 0 Å². The first-order chi connectivity index (χ1) is 14.4. The zero-order valence-corrected chi connectivity index (χ0v) is 15.8. The first kappa shape index (κ1) is 19.8. The van der Waals surface area contributed by atoms with Gasteiger partial charge in [-0.1, -0.05) is 0 Å². The van der Waals surface area contributed by atoms with Crippen LogP contribution in [0.25, 0.3) is 0 Å². The van der Waals surface area contributed by atoms with E-state index in [0.29, 0.717) is 24.9 Å². The number of hydrogen-bond acceptors (Lipinski definition) is 4. The number of nitriles is 1. The molecule has 2 aliphatic rings. The lowest BCUT2D eigenvalue weighted by atomic mass is 10.0. The number of urea groups is 1. The van der Waals surface area contributed by atoms with Crippen molar-refractivity contribution in [1.29, 1.82) is 5.26 Å². The summed E-state index contributed by atoms with van der Waals surface area (Å²) in [5.41, 5.74) is 0.592. The number of carbonyl (C=O) groups excluding carboxylic acids is 1. The van der Waals surface area contributed by atoms with E-state index in [-0.39, 0.29) is 17.9 Å². The fraction of sp³-hybridized carbons (Fsp3) is 0.286. The molecule has 1 fully saturated rings. The molecule has 0 N–H and O–H groups in total. The van der Waals surface area contributed by atoms with E-state index in [1.165, 1.54) is 40.4 Å². The Balaban J connectivity index is 1.44. The summed E-state index contributed by atoms with van der Waals surface area (Å²) in [6.07, 6.45) is 1.89. The molecular weight excluding hydrogens is 397 g/mol. The van der Waals surface area contributed by atoms with Gasteiger partial charge in [-0.25, -0.2) is 23.0 Å². The Morgan fingerprint density at radius 1 is 1.17 bits per heavy atom. The lowest BCUT2D eigenvalue weighted by Gasteiger charge is -2.27. The maximum absolute atomic E-state index is 14.0. The van der Waals surface area contributed by atoms with Gasteiger partial charge < -0.3 is 9.64 Å². The molecule has 0 aliphatic carbocycles. The Morgan fingerprint density at radius 3 is 2.67 bits per heavy atom. The molecule has 2 aromatic carbocycles. The summed E-state index contributed by atoms with van der Waals surface area (Å²) < 4.78 is 46.8. The highest BCUT2D eigenvalue weighted by atomic mass is 19.1. The molecule has 0 aromatic heterocycles. The van der Waals surface area contributed by atoms with Crippen molar-refractivity contribution in [3.63, 3.8) is 0 Å². The van der Waals surface area contributed by atoms with Crippen molar-refractivity contribution in [3.8, 4) is 11.8 Å². The van der Waals surface area contributed by atoms with Gasteiger partial charge in [-0.15, -0.1) is 0 Å². The minimum Gasteiger partial charge on any atom is -0.485 e. The first-order valence-electron chi connectivity index (χ1n) is 9.37. The van der Waals surface area contributed by atoms with Gasteiger partial charge in [-0.2, -0.15) is 10.4 Å². The van der Waals surface area contributed by atoms with Crippen LogP contribution >= 0.6 is 0 Å². The molecule has 1 saturated heterocycles. The van der Waals surface area contributed by atoms with Gasteiger partial charge in [0, 0.05) is 37.7 Å². The van der Waals surface area contributed by atoms with Crippen molar-refractivity contribution in [1.82, 2.24) is 9.91 Å². The van der Waals surface area contributed by atoms with Gasteiger partial charge in [0.25, 0.3) is 0 Å². The molecule has 2 aliphatic heterocycles. The quantitative estimate of drug-likeness (QED) is 0.763. The van der Waals surface area contributed by atoms with Crippen molar-refractivity contribution in [3.05, 3.63) is 65.0 Å². The topological polar surface area (TPSA) is 68.9 Å². The third kappa shape index (κ3) is 3.94. The molecule has 2 aromatic rings. The number of rotatable bonds is 3. The average molecular weight is 414 g/mol. The predicted molar refractivity (Wildman–Crippen MR) is 101 cm³/mol. The summed E-state index contributed by atoms with van der Waals surface area (Å²) in [6.45, 7) is 0.560. The maximum Gasteiger partial charge on any atom is 0.341 e. The van der Waals surface area contributed by atoms with E-state index in [4.69, 9.17) is 10.00 Å². The number of amides is 2. The number of nitrogens with zero attached hydrogens (tertiary/aromatic N) is 4. The fourth-order valence-electron chi connectivity index (χ4n) is 3.63. The summed E-state index contributed by atoms with van der Waals surface area (Å²) >= 11 is 0. The van der Waals surface area contributed by atoms with Gasteiger partial charge >= 0.3 is 6.03 Å². The molecule has 2 unspecified atom stereocenters. The van der Waals surface area contributed by atoms with Crippen molar-refractivity contribution in [2.75, 3.05) is 13.1 Å². The van der Waals surface area contributed by atoms with Crippen LogP contribution in [-0.4, -0.2) is 41.3 Å². The second-order valence-corrected chi connectivity index (χ2v) is 7.11. The lowest BCUT2D eigenvalue weighted by Crippen LogP contribution is -2.40. The number of likely N-dealkylation sites (tertiary alicyclic amines) is 1. The number of halogens is 3. The number of ether oxygens (including phenoxy) is 1. The van der Waals surface area contributed by atoms with Gasteiger partial charge in [0.15, 0.2) is 11.6 Å². The molecule has 2 amide bonds. The Kier molecular flexibility index (Phi) is 5.31. The standard InChI is InChI=1S/C21H17F3N4O2/c22-15-8-14(9-16(23)10-15)19-3-5-26-28(19)21(29)27-6-4-17(12-27)30-20-7-13(11-25)1-2-18(20)24/h1-2,5,7-10,17,19H,3-4,6,12H2. The molecule has 2 atom stereocenters. The molecule has 0 spiro atoms. The van der Waals surface area contributed by atoms with Crippen LogP contribution in [-0.2, 0) is 0 Å². The Labute approximate surface area is 170 Å². The van der Waals surface area contributed by atoms with E-state index in [9.17, 15) is 18.0 Å². The SMILES string of the molecule is N#Cc1ccc(F)c(OC2CCN(C(=O)N3N=CCC3c3cc(F)cc(F)c3)C2)c1. The normalized spacial score (nSPS) is 20.5. The molecule has 0 bridgehead atoms. The average Bonchev–Trinajstić information content (AvgIpc) is 3.38. The van der Waals surface area contributed by atoms with Gasteiger partial charge in [0.05, 0.1) is 24.2 Å². The second kappa shape index (κ2) is 8.06. The monoisotopic (exact) mass is 414 g/mol. The summed E-state index contributed by atoms with van der Waals surface area (Å²) in [7, 11) is 0. The maximum atomic E-state index is 14.0.